The Labute approximate surface area is 209 Å². The van der Waals surface area contributed by atoms with Crippen LogP contribution in [0, 0.1) is 11.8 Å². The average molecular weight is 475 g/mol. The van der Waals surface area contributed by atoms with Gasteiger partial charge in [0.05, 0.1) is 6.61 Å². The summed E-state index contributed by atoms with van der Waals surface area (Å²) < 4.78 is 11.0. The lowest BCUT2D eigenvalue weighted by molar-refractivity contribution is -0.164. The highest BCUT2D eigenvalue weighted by Crippen LogP contribution is 2.22. The van der Waals surface area contributed by atoms with Crippen LogP contribution >= 0.6 is 0 Å². The van der Waals surface area contributed by atoms with Crippen LogP contribution in [-0.2, 0) is 25.7 Å². The van der Waals surface area contributed by atoms with Crippen LogP contribution in [0.25, 0.3) is 0 Å². The fourth-order valence-corrected chi connectivity index (χ4v) is 4.24. The van der Waals surface area contributed by atoms with Gasteiger partial charge in [-0.3, -0.25) is 9.59 Å². The lowest BCUT2D eigenvalue weighted by Crippen LogP contribution is -2.30. The molecular weight excluding hydrogens is 424 g/mol. The maximum absolute atomic E-state index is 12.8. The summed E-state index contributed by atoms with van der Waals surface area (Å²) >= 11 is 0. The molecule has 0 spiro atoms. The van der Waals surface area contributed by atoms with Crippen LogP contribution in [0.1, 0.15) is 123 Å². The smallest absolute Gasteiger partial charge is 0.320 e. The second kappa shape index (κ2) is 20.5. The predicted molar refractivity (Wildman–Crippen MR) is 140 cm³/mol. The van der Waals surface area contributed by atoms with Crippen molar-refractivity contribution < 1.29 is 19.1 Å². The fourth-order valence-electron chi connectivity index (χ4n) is 4.24. The summed E-state index contributed by atoms with van der Waals surface area (Å²) in [7, 11) is 0. The topological polar surface area (TPSA) is 52.6 Å². The van der Waals surface area contributed by atoms with Crippen LogP contribution < -0.4 is 0 Å². The third-order valence-corrected chi connectivity index (χ3v) is 6.47. The van der Waals surface area contributed by atoms with Gasteiger partial charge in [0, 0.05) is 0 Å². The fraction of sp³-hybridized carbons (Fsp3) is 0.733. The highest BCUT2D eigenvalue weighted by atomic mass is 16.6. The minimum Gasteiger partial charge on any atom is -0.465 e. The van der Waals surface area contributed by atoms with Crippen molar-refractivity contribution in [2.75, 3.05) is 6.61 Å². The maximum atomic E-state index is 12.8. The van der Waals surface area contributed by atoms with E-state index in [1.807, 2.05) is 30.3 Å². The zero-order chi connectivity index (χ0) is 24.9. The molecule has 0 aromatic heterocycles. The van der Waals surface area contributed by atoms with Crippen molar-refractivity contribution in [2.24, 2.45) is 11.8 Å². The van der Waals surface area contributed by atoms with Gasteiger partial charge in [0.1, 0.15) is 6.61 Å². The second-order valence-electron chi connectivity index (χ2n) is 9.83. The van der Waals surface area contributed by atoms with E-state index in [-0.39, 0.29) is 12.5 Å². The van der Waals surface area contributed by atoms with Crippen molar-refractivity contribution in [1.82, 2.24) is 0 Å². The SMILES string of the molecule is CCCCCCCCCCCC(C)CC(C(=O)OCCCCCC)C(=O)OCc1ccccc1. The van der Waals surface area contributed by atoms with Gasteiger partial charge in [-0.1, -0.05) is 135 Å². The van der Waals surface area contributed by atoms with Crippen molar-refractivity contribution in [3.8, 4) is 0 Å². The highest BCUT2D eigenvalue weighted by Gasteiger charge is 2.31. The lowest BCUT2D eigenvalue weighted by atomic mass is 9.91. The van der Waals surface area contributed by atoms with Crippen LogP contribution in [0.3, 0.4) is 0 Å². The molecule has 0 bridgehead atoms. The summed E-state index contributed by atoms with van der Waals surface area (Å²) in [6, 6.07) is 9.59. The summed E-state index contributed by atoms with van der Waals surface area (Å²) in [5.41, 5.74) is 0.922. The minimum atomic E-state index is -0.830. The van der Waals surface area contributed by atoms with Gasteiger partial charge >= 0.3 is 11.9 Å². The number of carbonyl (C=O) groups excluding carboxylic acids is 2. The molecular formula is C30H50O4. The van der Waals surface area contributed by atoms with Gasteiger partial charge in [-0.2, -0.15) is 0 Å². The van der Waals surface area contributed by atoms with E-state index < -0.39 is 17.9 Å². The molecule has 2 atom stereocenters. The first kappa shape index (κ1) is 30.2. The van der Waals surface area contributed by atoms with Gasteiger partial charge in [0.15, 0.2) is 5.92 Å². The summed E-state index contributed by atoms with van der Waals surface area (Å²) in [5, 5.41) is 0. The Morgan fingerprint density at radius 1 is 0.706 bits per heavy atom. The van der Waals surface area contributed by atoms with E-state index in [1.165, 1.54) is 51.4 Å². The molecule has 34 heavy (non-hydrogen) atoms. The van der Waals surface area contributed by atoms with Crippen molar-refractivity contribution in [3.05, 3.63) is 35.9 Å². The van der Waals surface area contributed by atoms with Crippen LogP contribution in [0.4, 0.5) is 0 Å². The molecule has 194 valence electrons. The molecule has 0 saturated heterocycles. The Morgan fingerprint density at radius 2 is 1.24 bits per heavy atom. The normalized spacial score (nSPS) is 12.8. The number of unbranched alkanes of at least 4 members (excludes halogenated alkanes) is 11. The van der Waals surface area contributed by atoms with E-state index in [1.54, 1.807) is 0 Å². The van der Waals surface area contributed by atoms with Crippen LogP contribution in [-0.4, -0.2) is 18.5 Å². The van der Waals surface area contributed by atoms with Gasteiger partial charge in [-0.05, 0) is 24.3 Å². The first-order chi connectivity index (χ1) is 16.6. The Hall–Kier alpha value is -1.84. The zero-order valence-electron chi connectivity index (χ0n) is 22.2. The number of esters is 2. The van der Waals surface area contributed by atoms with E-state index in [0.29, 0.717) is 13.0 Å². The molecule has 0 aliphatic rings. The van der Waals surface area contributed by atoms with Gasteiger partial charge in [-0.15, -0.1) is 0 Å². The molecule has 0 aliphatic carbocycles. The molecule has 2 unspecified atom stereocenters. The number of hydrogen-bond acceptors (Lipinski definition) is 4. The molecule has 0 radical (unpaired) electrons. The number of carbonyl (C=O) groups is 2. The molecule has 4 nitrogen and oxygen atoms in total. The van der Waals surface area contributed by atoms with E-state index in [9.17, 15) is 9.59 Å². The van der Waals surface area contributed by atoms with Gasteiger partial charge in [0.25, 0.3) is 0 Å². The third-order valence-electron chi connectivity index (χ3n) is 6.47. The second-order valence-corrected chi connectivity index (χ2v) is 9.83. The summed E-state index contributed by atoms with van der Waals surface area (Å²) in [6.45, 7) is 7.11. The van der Waals surface area contributed by atoms with Crippen molar-refractivity contribution in [1.29, 1.82) is 0 Å². The Morgan fingerprint density at radius 3 is 1.85 bits per heavy atom. The molecule has 0 fully saturated rings. The Bertz CT molecular complexity index is 628. The monoisotopic (exact) mass is 474 g/mol. The van der Waals surface area contributed by atoms with E-state index >= 15 is 0 Å². The van der Waals surface area contributed by atoms with Crippen LogP contribution in [0.15, 0.2) is 30.3 Å². The largest absolute Gasteiger partial charge is 0.465 e. The molecule has 1 aromatic rings. The van der Waals surface area contributed by atoms with E-state index in [4.69, 9.17) is 9.47 Å². The molecule has 0 saturated carbocycles. The van der Waals surface area contributed by atoms with Crippen molar-refractivity contribution in [3.63, 3.8) is 0 Å². The first-order valence-electron chi connectivity index (χ1n) is 14.0. The minimum absolute atomic E-state index is 0.187. The van der Waals surface area contributed by atoms with Crippen LogP contribution in [0.2, 0.25) is 0 Å². The van der Waals surface area contributed by atoms with Crippen molar-refractivity contribution >= 4 is 11.9 Å². The predicted octanol–water partition coefficient (Wildman–Crippen LogP) is 8.42. The first-order valence-corrected chi connectivity index (χ1v) is 14.0. The quantitative estimate of drug-likeness (QED) is 0.102. The number of hydrogen-bond donors (Lipinski definition) is 0. The molecule has 0 N–H and O–H groups in total. The lowest BCUT2D eigenvalue weighted by Gasteiger charge is -2.19. The van der Waals surface area contributed by atoms with Gasteiger partial charge in [0.2, 0.25) is 0 Å². The molecule has 0 aliphatic heterocycles. The van der Waals surface area contributed by atoms with Gasteiger partial charge < -0.3 is 9.47 Å². The van der Waals surface area contributed by atoms with Crippen LogP contribution in [0.5, 0.6) is 0 Å². The molecule has 0 amide bonds. The number of benzene rings is 1. The number of ether oxygens (including phenoxy) is 2. The Balaban J connectivity index is 2.43. The van der Waals surface area contributed by atoms with E-state index in [0.717, 1.165) is 44.1 Å². The Kier molecular flexibility index (Phi) is 18.2. The van der Waals surface area contributed by atoms with Gasteiger partial charge in [-0.25, -0.2) is 0 Å². The molecule has 4 heteroatoms. The van der Waals surface area contributed by atoms with Crippen molar-refractivity contribution in [2.45, 2.75) is 124 Å². The summed E-state index contributed by atoms with van der Waals surface area (Å²) in [6.07, 6.45) is 17.4. The molecule has 1 aromatic carbocycles. The summed E-state index contributed by atoms with van der Waals surface area (Å²) in [5.74, 6) is -1.43. The average Bonchev–Trinajstić information content (AvgIpc) is 2.85. The molecule has 0 heterocycles. The highest BCUT2D eigenvalue weighted by molar-refractivity contribution is 5.94. The molecule has 1 rings (SSSR count). The van der Waals surface area contributed by atoms with E-state index in [2.05, 4.69) is 20.8 Å². The maximum Gasteiger partial charge on any atom is 0.320 e. The zero-order valence-corrected chi connectivity index (χ0v) is 22.2. The standard InChI is InChI=1S/C30H50O4/c1-4-6-8-10-11-12-13-14-16-20-26(3)24-28(29(31)33-23-19-9-7-5-2)30(32)34-25-27-21-17-15-18-22-27/h15,17-18,21-22,26,28H,4-14,16,19-20,23-25H2,1-3H3. The summed E-state index contributed by atoms with van der Waals surface area (Å²) in [4.78, 5) is 25.6. The third kappa shape index (κ3) is 15.1. The number of rotatable bonds is 21.